The highest BCUT2D eigenvalue weighted by molar-refractivity contribution is 5.92. The largest absolute Gasteiger partial charge is 0.340 e. The SMILES string of the molecule is CN1CCCn2nc(C3CCCNC3)cc2C1=O.Cl. The van der Waals surface area contributed by atoms with Crippen LogP contribution in [0.1, 0.15) is 41.4 Å². The fraction of sp³-hybridized carbons (Fsp3) is 0.692. The Morgan fingerprint density at radius 3 is 2.95 bits per heavy atom. The number of nitrogens with one attached hydrogen (secondary N) is 1. The number of fused-ring (bicyclic) bond motifs is 1. The number of carbonyl (C=O) groups excluding carboxylic acids is 1. The number of hydrogen-bond acceptors (Lipinski definition) is 3. The van der Waals surface area contributed by atoms with Crippen LogP contribution in [0, 0.1) is 0 Å². The number of rotatable bonds is 1. The molecule has 0 aliphatic carbocycles. The van der Waals surface area contributed by atoms with Crippen molar-refractivity contribution in [3.8, 4) is 0 Å². The molecule has 6 heteroatoms. The molecule has 5 nitrogen and oxygen atoms in total. The van der Waals surface area contributed by atoms with Gasteiger partial charge in [0, 0.05) is 32.6 Å². The van der Waals surface area contributed by atoms with Crippen LogP contribution >= 0.6 is 12.4 Å². The van der Waals surface area contributed by atoms with E-state index in [1.165, 1.54) is 12.8 Å². The Morgan fingerprint density at radius 1 is 1.37 bits per heavy atom. The molecule has 1 unspecified atom stereocenters. The Bertz CT molecular complexity index is 453. The normalized spacial score (nSPS) is 23.5. The second-order valence-electron chi connectivity index (χ2n) is 5.30. The summed E-state index contributed by atoms with van der Waals surface area (Å²) >= 11 is 0. The highest BCUT2D eigenvalue weighted by Crippen LogP contribution is 2.24. The van der Waals surface area contributed by atoms with Crippen molar-refractivity contribution in [2.45, 2.75) is 31.7 Å². The molecule has 2 aliphatic rings. The number of aromatic nitrogens is 2. The van der Waals surface area contributed by atoms with Crippen LogP contribution in [0.5, 0.6) is 0 Å². The number of halogens is 1. The lowest BCUT2D eigenvalue weighted by atomic mass is 9.96. The molecular weight excluding hydrogens is 264 g/mol. The highest BCUT2D eigenvalue weighted by Gasteiger charge is 2.25. The van der Waals surface area contributed by atoms with Gasteiger partial charge in [-0.15, -0.1) is 12.4 Å². The Morgan fingerprint density at radius 2 is 2.21 bits per heavy atom. The van der Waals surface area contributed by atoms with Gasteiger partial charge in [0.05, 0.1) is 5.69 Å². The van der Waals surface area contributed by atoms with Crippen LogP contribution in [-0.4, -0.2) is 47.3 Å². The zero-order valence-electron chi connectivity index (χ0n) is 11.3. The van der Waals surface area contributed by atoms with Crippen molar-refractivity contribution in [3.63, 3.8) is 0 Å². The minimum atomic E-state index is 0. The molecule has 1 saturated heterocycles. The zero-order chi connectivity index (χ0) is 12.5. The summed E-state index contributed by atoms with van der Waals surface area (Å²) in [7, 11) is 1.87. The number of aryl methyl sites for hydroxylation is 1. The van der Waals surface area contributed by atoms with Gasteiger partial charge in [-0.1, -0.05) is 0 Å². The fourth-order valence-corrected chi connectivity index (χ4v) is 2.84. The molecule has 106 valence electrons. The Hall–Kier alpha value is -1.07. The van der Waals surface area contributed by atoms with Crippen molar-refractivity contribution < 1.29 is 4.79 Å². The van der Waals surface area contributed by atoms with Crippen molar-refractivity contribution in [1.82, 2.24) is 20.0 Å². The predicted octanol–water partition coefficient (Wildman–Crippen LogP) is 1.25. The van der Waals surface area contributed by atoms with Crippen LogP contribution in [0.4, 0.5) is 0 Å². The first kappa shape index (κ1) is 14.3. The molecule has 1 fully saturated rings. The average molecular weight is 285 g/mol. The molecule has 0 aromatic carbocycles. The summed E-state index contributed by atoms with van der Waals surface area (Å²) in [5.74, 6) is 0.575. The molecule has 1 atom stereocenters. The van der Waals surface area contributed by atoms with Crippen LogP contribution < -0.4 is 5.32 Å². The summed E-state index contributed by atoms with van der Waals surface area (Å²) < 4.78 is 1.90. The minimum absolute atomic E-state index is 0. The van der Waals surface area contributed by atoms with Crippen molar-refractivity contribution in [3.05, 3.63) is 17.5 Å². The molecule has 1 amide bonds. The first-order valence-corrected chi connectivity index (χ1v) is 6.79. The summed E-state index contributed by atoms with van der Waals surface area (Å²) in [5, 5.41) is 8.05. The number of nitrogens with zero attached hydrogens (tertiary/aromatic N) is 3. The highest BCUT2D eigenvalue weighted by atomic mass is 35.5. The Balaban J connectivity index is 0.00000133. The number of amides is 1. The van der Waals surface area contributed by atoms with Crippen LogP contribution in [0.25, 0.3) is 0 Å². The van der Waals surface area contributed by atoms with Crippen molar-refractivity contribution in [1.29, 1.82) is 0 Å². The first-order valence-electron chi connectivity index (χ1n) is 6.79. The smallest absolute Gasteiger partial charge is 0.271 e. The summed E-state index contributed by atoms with van der Waals surface area (Å²) in [6, 6.07) is 2.00. The van der Waals surface area contributed by atoms with Gasteiger partial charge in [-0.05, 0) is 31.9 Å². The van der Waals surface area contributed by atoms with E-state index in [-0.39, 0.29) is 18.3 Å². The lowest BCUT2D eigenvalue weighted by molar-refractivity contribution is 0.0796. The summed E-state index contributed by atoms with van der Waals surface area (Å²) in [6.07, 6.45) is 3.35. The third-order valence-electron chi connectivity index (χ3n) is 3.94. The van der Waals surface area contributed by atoms with Gasteiger partial charge < -0.3 is 10.2 Å². The predicted molar refractivity (Wildman–Crippen MR) is 75.9 cm³/mol. The van der Waals surface area contributed by atoms with E-state index < -0.39 is 0 Å². The lowest BCUT2D eigenvalue weighted by Crippen LogP contribution is -2.28. The standard InChI is InChI=1S/C13H20N4O.ClH/c1-16-6-3-7-17-12(13(16)18)8-11(15-17)10-4-2-5-14-9-10;/h8,10,14H,2-7,9H2,1H3;1H. The van der Waals surface area contributed by atoms with E-state index >= 15 is 0 Å². The molecule has 0 spiro atoms. The Kier molecular flexibility index (Phi) is 4.47. The second-order valence-corrected chi connectivity index (χ2v) is 5.30. The molecule has 1 aromatic rings. The van der Waals surface area contributed by atoms with Gasteiger partial charge in [0.2, 0.25) is 0 Å². The molecule has 2 aliphatic heterocycles. The van der Waals surface area contributed by atoms with Crippen molar-refractivity contribution in [2.24, 2.45) is 0 Å². The quantitative estimate of drug-likeness (QED) is 0.844. The molecule has 0 radical (unpaired) electrons. The first-order chi connectivity index (χ1) is 8.75. The van der Waals surface area contributed by atoms with Crippen LogP contribution in [0.3, 0.4) is 0 Å². The van der Waals surface area contributed by atoms with E-state index in [0.717, 1.165) is 44.0 Å². The van der Waals surface area contributed by atoms with Crippen LogP contribution in [0.2, 0.25) is 0 Å². The fourth-order valence-electron chi connectivity index (χ4n) is 2.84. The maximum atomic E-state index is 12.2. The third kappa shape index (κ3) is 2.77. The van der Waals surface area contributed by atoms with E-state index in [2.05, 4.69) is 10.4 Å². The Labute approximate surface area is 119 Å². The van der Waals surface area contributed by atoms with Crippen molar-refractivity contribution in [2.75, 3.05) is 26.7 Å². The van der Waals surface area contributed by atoms with Gasteiger partial charge in [0.25, 0.3) is 5.91 Å². The van der Waals surface area contributed by atoms with Gasteiger partial charge >= 0.3 is 0 Å². The summed E-state index contributed by atoms with van der Waals surface area (Å²) in [6.45, 7) is 3.76. The summed E-state index contributed by atoms with van der Waals surface area (Å²) in [4.78, 5) is 14.0. The number of carbonyl (C=O) groups is 1. The topological polar surface area (TPSA) is 50.2 Å². The molecule has 19 heavy (non-hydrogen) atoms. The average Bonchev–Trinajstić information content (AvgIpc) is 2.78. The molecular formula is C13H21ClN4O. The van der Waals surface area contributed by atoms with Crippen molar-refractivity contribution >= 4 is 18.3 Å². The van der Waals surface area contributed by atoms with Crippen LogP contribution in [-0.2, 0) is 6.54 Å². The lowest BCUT2D eigenvalue weighted by Gasteiger charge is -2.20. The van der Waals surface area contributed by atoms with Gasteiger partial charge in [0.15, 0.2) is 0 Å². The molecule has 1 N–H and O–H groups in total. The van der Waals surface area contributed by atoms with E-state index in [1.54, 1.807) is 4.90 Å². The zero-order valence-corrected chi connectivity index (χ0v) is 12.1. The monoisotopic (exact) mass is 284 g/mol. The van der Waals surface area contributed by atoms with E-state index in [4.69, 9.17) is 0 Å². The van der Waals surface area contributed by atoms with E-state index in [0.29, 0.717) is 5.92 Å². The van der Waals surface area contributed by atoms with Gasteiger partial charge in [-0.3, -0.25) is 9.48 Å². The molecule has 3 heterocycles. The third-order valence-corrected chi connectivity index (χ3v) is 3.94. The van der Waals surface area contributed by atoms with Gasteiger partial charge in [-0.25, -0.2) is 0 Å². The van der Waals surface area contributed by atoms with Gasteiger partial charge in [-0.2, -0.15) is 5.10 Å². The maximum absolute atomic E-state index is 12.2. The van der Waals surface area contributed by atoms with Gasteiger partial charge in [0.1, 0.15) is 5.69 Å². The number of piperidine rings is 1. The molecule has 1 aromatic heterocycles. The molecule has 0 bridgehead atoms. The summed E-state index contributed by atoms with van der Waals surface area (Å²) in [5.41, 5.74) is 1.84. The maximum Gasteiger partial charge on any atom is 0.271 e. The second kappa shape index (κ2) is 5.92. The number of hydrogen-bond donors (Lipinski definition) is 1. The molecule has 0 saturated carbocycles. The van der Waals surface area contributed by atoms with E-state index in [1.807, 2.05) is 17.8 Å². The minimum Gasteiger partial charge on any atom is -0.340 e. The van der Waals surface area contributed by atoms with Crippen LogP contribution in [0.15, 0.2) is 6.07 Å². The molecule has 3 rings (SSSR count). The van der Waals surface area contributed by atoms with E-state index in [9.17, 15) is 4.79 Å².